The highest BCUT2D eigenvalue weighted by Crippen LogP contribution is 2.14. The second-order valence-corrected chi connectivity index (χ2v) is 5.18. The number of hydrogen-bond acceptors (Lipinski definition) is 4. The lowest BCUT2D eigenvalue weighted by molar-refractivity contribution is -0.117. The Balaban J connectivity index is 1.71. The fourth-order valence-electron chi connectivity index (χ4n) is 2.29. The molecule has 24 heavy (non-hydrogen) atoms. The van der Waals surface area contributed by atoms with E-state index >= 15 is 0 Å². The maximum absolute atomic E-state index is 12.3. The Morgan fingerprint density at radius 1 is 1.17 bits per heavy atom. The van der Waals surface area contributed by atoms with Gasteiger partial charge in [-0.3, -0.25) is 14.5 Å². The molecule has 0 saturated carbocycles. The molecule has 120 valence electrons. The van der Waals surface area contributed by atoms with Gasteiger partial charge in [0, 0.05) is 12.3 Å². The summed E-state index contributed by atoms with van der Waals surface area (Å²) >= 11 is 0. The molecule has 2 aromatic heterocycles. The SMILES string of the molecule is O=C(/C=C\c1ccccn1)N[C@H](Cn1cncn1)c1ccccc1. The summed E-state index contributed by atoms with van der Waals surface area (Å²) in [7, 11) is 0. The van der Waals surface area contributed by atoms with Crippen molar-refractivity contribution in [2.45, 2.75) is 12.6 Å². The van der Waals surface area contributed by atoms with Crippen molar-refractivity contribution >= 4 is 12.0 Å². The Bertz CT molecular complexity index is 785. The molecule has 3 aromatic rings. The van der Waals surface area contributed by atoms with E-state index in [0.717, 1.165) is 11.3 Å². The average Bonchev–Trinajstić information content (AvgIpc) is 3.14. The summed E-state index contributed by atoms with van der Waals surface area (Å²) in [6.45, 7) is 0.507. The summed E-state index contributed by atoms with van der Waals surface area (Å²) in [4.78, 5) is 20.4. The number of carbonyl (C=O) groups is 1. The average molecular weight is 319 g/mol. The number of nitrogens with zero attached hydrogens (tertiary/aromatic N) is 4. The molecule has 6 nitrogen and oxygen atoms in total. The smallest absolute Gasteiger partial charge is 0.244 e. The molecule has 2 heterocycles. The summed E-state index contributed by atoms with van der Waals surface area (Å²) < 4.78 is 1.69. The van der Waals surface area contributed by atoms with Crippen molar-refractivity contribution in [2.24, 2.45) is 0 Å². The first kappa shape index (κ1) is 15.6. The molecular formula is C18H17N5O. The van der Waals surface area contributed by atoms with E-state index in [1.54, 1.807) is 23.3 Å². The van der Waals surface area contributed by atoms with Crippen LogP contribution in [0.25, 0.3) is 6.08 Å². The van der Waals surface area contributed by atoms with Crippen molar-refractivity contribution in [3.05, 3.63) is 84.7 Å². The van der Waals surface area contributed by atoms with E-state index in [4.69, 9.17) is 0 Å². The van der Waals surface area contributed by atoms with E-state index in [9.17, 15) is 4.79 Å². The number of hydrogen-bond donors (Lipinski definition) is 1. The van der Waals surface area contributed by atoms with E-state index < -0.39 is 0 Å². The van der Waals surface area contributed by atoms with Crippen molar-refractivity contribution in [3.8, 4) is 0 Å². The predicted molar refractivity (Wildman–Crippen MR) is 90.6 cm³/mol. The van der Waals surface area contributed by atoms with E-state index in [0.29, 0.717) is 6.54 Å². The number of aromatic nitrogens is 4. The minimum absolute atomic E-state index is 0.186. The zero-order chi connectivity index (χ0) is 16.6. The van der Waals surface area contributed by atoms with Crippen LogP contribution < -0.4 is 5.32 Å². The first-order valence-electron chi connectivity index (χ1n) is 7.58. The van der Waals surface area contributed by atoms with Crippen molar-refractivity contribution < 1.29 is 4.79 Å². The van der Waals surface area contributed by atoms with E-state index in [-0.39, 0.29) is 11.9 Å². The predicted octanol–water partition coefficient (Wildman–Crippen LogP) is 2.24. The number of carbonyl (C=O) groups excluding carboxylic acids is 1. The fraction of sp³-hybridized carbons (Fsp3) is 0.111. The van der Waals surface area contributed by atoms with Gasteiger partial charge in [-0.1, -0.05) is 36.4 Å². The third-order valence-corrected chi connectivity index (χ3v) is 3.45. The lowest BCUT2D eigenvalue weighted by atomic mass is 10.1. The Morgan fingerprint density at radius 2 is 2.00 bits per heavy atom. The highest BCUT2D eigenvalue weighted by atomic mass is 16.1. The maximum Gasteiger partial charge on any atom is 0.244 e. The largest absolute Gasteiger partial charge is 0.344 e. The molecule has 0 aliphatic carbocycles. The van der Waals surface area contributed by atoms with Crippen molar-refractivity contribution in [1.82, 2.24) is 25.1 Å². The van der Waals surface area contributed by atoms with Crippen molar-refractivity contribution in [1.29, 1.82) is 0 Å². The first-order valence-corrected chi connectivity index (χ1v) is 7.58. The standard InChI is InChI=1S/C18H17N5O/c24-18(10-9-16-8-4-5-11-20-16)22-17(12-23-14-19-13-21-23)15-6-2-1-3-7-15/h1-11,13-14,17H,12H2,(H,22,24)/b10-9-/t17-/m1/s1. The third-order valence-electron chi connectivity index (χ3n) is 3.45. The zero-order valence-corrected chi connectivity index (χ0v) is 13.0. The summed E-state index contributed by atoms with van der Waals surface area (Å²) in [5.74, 6) is -0.186. The van der Waals surface area contributed by atoms with Crippen LogP contribution in [0.3, 0.4) is 0 Å². The van der Waals surface area contributed by atoms with Gasteiger partial charge in [0.2, 0.25) is 5.91 Å². The molecule has 3 rings (SSSR count). The molecule has 0 bridgehead atoms. The van der Waals surface area contributed by atoms with E-state index in [1.165, 1.54) is 12.4 Å². The quantitative estimate of drug-likeness (QED) is 0.707. The van der Waals surface area contributed by atoms with Gasteiger partial charge < -0.3 is 5.32 Å². The molecule has 0 spiro atoms. The monoisotopic (exact) mass is 319 g/mol. The zero-order valence-electron chi connectivity index (χ0n) is 13.0. The van der Waals surface area contributed by atoms with Crippen LogP contribution in [-0.2, 0) is 11.3 Å². The normalized spacial score (nSPS) is 12.2. The summed E-state index contributed by atoms with van der Waals surface area (Å²) in [6.07, 6.45) is 7.97. The van der Waals surface area contributed by atoms with Crippen LogP contribution in [0.5, 0.6) is 0 Å². The van der Waals surface area contributed by atoms with Crippen LogP contribution in [0.1, 0.15) is 17.3 Å². The maximum atomic E-state index is 12.3. The van der Waals surface area contributed by atoms with Crippen LogP contribution in [0.15, 0.2) is 73.5 Å². The van der Waals surface area contributed by atoms with Crippen molar-refractivity contribution in [3.63, 3.8) is 0 Å². The molecule has 1 aromatic carbocycles. The first-order chi connectivity index (χ1) is 11.8. The molecule has 1 amide bonds. The van der Waals surface area contributed by atoms with Crippen LogP contribution in [0.4, 0.5) is 0 Å². The molecule has 0 aliphatic rings. The molecule has 0 unspecified atom stereocenters. The Hall–Kier alpha value is -3.28. The van der Waals surface area contributed by atoms with Gasteiger partial charge in [0.25, 0.3) is 0 Å². The van der Waals surface area contributed by atoms with Crippen molar-refractivity contribution in [2.75, 3.05) is 0 Å². The van der Waals surface area contributed by atoms with Crippen LogP contribution >= 0.6 is 0 Å². The van der Waals surface area contributed by atoms with Gasteiger partial charge in [-0.25, -0.2) is 4.98 Å². The molecule has 0 aliphatic heterocycles. The van der Waals surface area contributed by atoms with Gasteiger partial charge in [-0.15, -0.1) is 0 Å². The highest BCUT2D eigenvalue weighted by Gasteiger charge is 2.14. The van der Waals surface area contributed by atoms with Gasteiger partial charge in [-0.2, -0.15) is 5.10 Å². The van der Waals surface area contributed by atoms with Crippen LogP contribution in [0.2, 0.25) is 0 Å². The Labute approximate surface area is 139 Å². The molecule has 0 radical (unpaired) electrons. The molecule has 0 saturated heterocycles. The Morgan fingerprint density at radius 3 is 2.71 bits per heavy atom. The number of rotatable bonds is 6. The van der Waals surface area contributed by atoms with Gasteiger partial charge in [0.05, 0.1) is 18.3 Å². The highest BCUT2D eigenvalue weighted by molar-refractivity contribution is 5.91. The number of benzene rings is 1. The number of nitrogens with one attached hydrogen (secondary N) is 1. The van der Waals surface area contributed by atoms with Gasteiger partial charge >= 0.3 is 0 Å². The van der Waals surface area contributed by atoms with E-state index in [1.807, 2.05) is 48.5 Å². The molecule has 1 atom stereocenters. The van der Waals surface area contributed by atoms with Gasteiger partial charge in [0.1, 0.15) is 12.7 Å². The molecule has 0 fully saturated rings. The Kier molecular flexibility index (Phi) is 5.09. The fourth-order valence-corrected chi connectivity index (χ4v) is 2.29. The second-order valence-electron chi connectivity index (χ2n) is 5.18. The number of amides is 1. The van der Waals surface area contributed by atoms with E-state index in [2.05, 4.69) is 20.4 Å². The molecular weight excluding hydrogens is 302 g/mol. The summed E-state index contributed by atoms with van der Waals surface area (Å²) in [5.41, 5.74) is 1.74. The third kappa shape index (κ3) is 4.36. The topological polar surface area (TPSA) is 72.7 Å². The minimum atomic E-state index is -0.200. The lowest BCUT2D eigenvalue weighted by Crippen LogP contribution is -2.30. The van der Waals surface area contributed by atoms with Gasteiger partial charge in [-0.05, 0) is 23.8 Å². The number of pyridine rings is 1. The van der Waals surface area contributed by atoms with Crippen LogP contribution in [0, 0.1) is 0 Å². The molecule has 1 N–H and O–H groups in total. The second kappa shape index (κ2) is 7.82. The van der Waals surface area contributed by atoms with Gasteiger partial charge in [0.15, 0.2) is 0 Å². The lowest BCUT2D eigenvalue weighted by Gasteiger charge is -2.18. The summed E-state index contributed by atoms with van der Waals surface area (Å²) in [5, 5.41) is 7.11. The summed E-state index contributed by atoms with van der Waals surface area (Å²) in [6, 6.07) is 15.1. The van der Waals surface area contributed by atoms with Crippen LogP contribution in [-0.4, -0.2) is 25.7 Å². The minimum Gasteiger partial charge on any atom is -0.344 e. The molecule has 6 heteroatoms.